The molecule has 0 bridgehead atoms. The van der Waals surface area contributed by atoms with E-state index in [0.717, 1.165) is 44.8 Å². The molecule has 36 heavy (non-hydrogen) atoms. The standard InChI is InChI=1S/C32H25N2OP/c1-33-22-34(30-13-7-6-12-29(30)33)25-18-15-23(16-19-25)24-17-20-28-27-11-5-8-14-31(27)36(35,32(28)21-24)26-9-3-2-4-10-26/h2-21H,22H2,1H3. The Kier molecular flexibility index (Phi) is 4.71. The largest absolute Gasteiger partial charge is 0.355 e. The van der Waals surface area contributed by atoms with Gasteiger partial charge in [0.05, 0.1) is 18.0 Å². The molecule has 0 N–H and O–H groups in total. The zero-order chi connectivity index (χ0) is 24.3. The van der Waals surface area contributed by atoms with Crippen molar-refractivity contribution in [1.82, 2.24) is 0 Å². The number of rotatable bonds is 3. The highest BCUT2D eigenvalue weighted by atomic mass is 31.2. The number of hydrogen-bond donors (Lipinski definition) is 0. The van der Waals surface area contributed by atoms with Crippen LogP contribution >= 0.6 is 7.14 Å². The van der Waals surface area contributed by atoms with Gasteiger partial charge < -0.3 is 14.4 Å². The molecule has 2 heterocycles. The fourth-order valence-corrected chi connectivity index (χ4v) is 8.75. The van der Waals surface area contributed by atoms with Gasteiger partial charge >= 0.3 is 0 Å². The topological polar surface area (TPSA) is 23.6 Å². The van der Waals surface area contributed by atoms with Gasteiger partial charge in [-0.05, 0) is 52.6 Å². The van der Waals surface area contributed by atoms with Crippen LogP contribution in [0.3, 0.4) is 0 Å². The van der Waals surface area contributed by atoms with Crippen molar-refractivity contribution >= 4 is 40.1 Å². The second-order valence-electron chi connectivity index (χ2n) is 9.50. The van der Waals surface area contributed by atoms with Gasteiger partial charge in [0.15, 0.2) is 7.14 Å². The summed E-state index contributed by atoms with van der Waals surface area (Å²) in [4.78, 5) is 4.60. The molecule has 0 aliphatic carbocycles. The summed E-state index contributed by atoms with van der Waals surface area (Å²) in [6.45, 7) is 0.829. The van der Waals surface area contributed by atoms with Crippen molar-refractivity contribution in [2.75, 3.05) is 23.5 Å². The molecule has 1 atom stereocenters. The van der Waals surface area contributed by atoms with Crippen LogP contribution in [-0.2, 0) is 4.57 Å². The molecule has 0 radical (unpaired) electrons. The summed E-state index contributed by atoms with van der Waals surface area (Å²) in [6.07, 6.45) is 0. The minimum Gasteiger partial charge on any atom is -0.355 e. The minimum atomic E-state index is -2.93. The lowest BCUT2D eigenvalue weighted by molar-refractivity contribution is 0.593. The van der Waals surface area contributed by atoms with E-state index in [1.54, 1.807) is 0 Å². The molecule has 7 rings (SSSR count). The van der Waals surface area contributed by atoms with Crippen LogP contribution in [-0.4, -0.2) is 13.7 Å². The number of anilines is 3. The number of hydrogen-bond acceptors (Lipinski definition) is 3. The monoisotopic (exact) mass is 484 g/mol. The maximum absolute atomic E-state index is 14.8. The Morgan fingerprint density at radius 2 is 1.25 bits per heavy atom. The van der Waals surface area contributed by atoms with Crippen LogP contribution in [0.25, 0.3) is 22.3 Å². The first-order chi connectivity index (χ1) is 17.6. The molecule has 0 aromatic heterocycles. The van der Waals surface area contributed by atoms with E-state index in [1.165, 1.54) is 17.1 Å². The van der Waals surface area contributed by atoms with Crippen molar-refractivity contribution < 1.29 is 4.57 Å². The third kappa shape index (κ3) is 3.03. The maximum atomic E-state index is 14.8. The van der Waals surface area contributed by atoms with Crippen molar-refractivity contribution in [2.24, 2.45) is 0 Å². The average molecular weight is 485 g/mol. The van der Waals surface area contributed by atoms with Gasteiger partial charge in [-0.3, -0.25) is 0 Å². The molecule has 2 aliphatic rings. The molecule has 3 nitrogen and oxygen atoms in total. The Morgan fingerprint density at radius 3 is 2.06 bits per heavy atom. The molecule has 0 saturated carbocycles. The number of fused-ring (bicyclic) bond motifs is 4. The van der Waals surface area contributed by atoms with Gasteiger partial charge in [-0.2, -0.15) is 0 Å². The normalized spacial score (nSPS) is 17.6. The van der Waals surface area contributed by atoms with Crippen molar-refractivity contribution in [3.63, 3.8) is 0 Å². The summed E-state index contributed by atoms with van der Waals surface area (Å²) < 4.78 is 14.8. The number of benzene rings is 5. The quantitative estimate of drug-likeness (QED) is 0.267. The van der Waals surface area contributed by atoms with Crippen LogP contribution < -0.4 is 25.7 Å². The Balaban J connectivity index is 1.30. The molecule has 5 aromatic carbocycles. The maximum Gasteiger partial charge on any atom is 0.172 e. The van der Waals surface area contributed by atoms with E-state index in [4.69, 9.17) is 0 Å². The molecule has 5 aromatic rings. The lowest BCUT2D eigenvalue weighted by Crippen LogP contribution is -2.23. The SMILES string of the molecule is CN1CN(c2ccc(-c3ccc4c(c3)P(=O)(c3ccccc3)c3ccccc3-4)cc2)c2ccccc21. The molecule has 4 heteroatoms. The Bertz CT molecular complexity index is 1660. The zero-order valence-electron chi connectivity index (χ0n) is 20.0. The van der Waals surface area contributed by atoms with Crippen LogP contribution in [0, 0.1) is 0 Å². The highest BCUT2D eigenvalue weighted by Crippen LogP contribution is 2.52. The number of nitrogens with zero attached hydrogens (tertiary/aromatic N) is 2. The van der Waals surface area contributed by atoms with E-state index in [-0.39, 0.29) is 0 Å². The fraction of sp³-hybridized carbons (Fsp3) is 0.0625. The zero-order valence-corrected chi connectivity index (χ0v) is 20.9. The van der Waals surface area contributed by atoms with Crippen molar-refractivity contribution in [1.29, 1.82) is 0 Å². The molecule has 2 aliphatic heterocycles. The molecule has 0 fully saturated rings. The Labute approximate surface area is 211 Å². The average Bonchev–Trinajstić information content (AvgIpc) is 3.42. The molecule has 0 spiro atoms. The molecule has 174 valence electrons. The first-order valence-electron chi connectivity index (χ1n) is 12.2. The van der Waals surface area contributed by atoms with Gasteiger partial charge in [0.2, 0.25) is 0 Å². The predicted molar refractivity (Wildman–Crippen MR) is 152 cm³/mol. The van der Waals surface area contributed by atoms with E-state index in [0.29, 0.717) is 0 Å². The third-order valence-corrected chi connectivity index (χ3v) is 10.6. The van der Waals surface area contributed by atoms with Crippen LogP contribution in [0.2, 0.25) is 0 Å². The first kappa shape index (κ1) is 21.2. The summed E-state index contributed by atoms with van der Waals surface area (Å²) in [5.74, 6) is 0. The van der Waals surface area contributed by atoms with Gasteiger partial charge in [0, 0.05) is 28.6 Å². The van der Waals surface area contributed by atoms with Crippen LogP contribution in [0.15, 0.2) is 121 Å². The third-order valence-electron chi connectivity index (χ3n) is 7.44. The Morgan fingerprint density at radius 1 is 0.611 bits per heavy atom. The highest BCUT2D eigenvalue weighted by Gasteiger charge is 2.40. The molecule has 1 unspecified atom stereocenters. The van der Waals surface area contributed by atoms with E-state index in [2.05, 4.69) is 89.6 Å². The van der Waals surface area contributed by atoms with Crippen LogP contribution in [0.1, 0.15) is 0 Å². The van der Waals surface area contributed by atoms with Gasteiger partial charge in [-0.15, -0.1) is 0 Å². The summed E-state index contributed by atoms with van der Waals surface area (Å²) in [5, 5.41) is 2.77. The van der Waals surface area contributed by atoms with Crippen molar-refractivity contribution in [3.8, 4) is 22.3 Å². The van der Waals surface area contributed by atoms with Gasteiger partial charge in [0.25, 0.3) is 0 Å². The Hall–Kier alpha value is -4.07. The van der Waals surface area contributed by atoms with Gasteiger partial charge in [0.1, 0.15) is 0 Å². The fourth-order valence-electron chi connectivity index (χ4n) is 5.66. The smallest absolute Gasteiger partial charge is 0.172 e. The van der Waals surface area contributed by atoms with Gasteiger partial charge in [-0.25, -0.2) is 0 Å². The predicted octanol–water partition coefficient (Wildman–Crippen LogP) is 6.52. The molecule has 0 amide bonds. The van der Waals surface area contributed by atoms with Crippen LogP contribution in [0.5, 0.6) is 0 Å². The summed E-state index contributed by atoms with van der Waals surface area (Å²) in [7, 11) is -0.808. The van der Waals surface area contributed by atoms with Gasteiger partial charge in [-0.1, -0.05) is 91.0 Å². The van der Waals surface area contributed by atoms with E-state index in [9.17, 15) is 4.57 Å². The minimum absolute atomic E-state index is 0.829. The summed E-state index contributed by atoms with van der Waals surface area (Å²) in [6, 6.07) is 41.8. The van der Waals surface area contributed by atoms with Crippen LogP contribution in [0.4, 0.5) is 17.1 Å². The molecular weight excluding hydrogens is 459 g/mol. The van der Waals surface area contributed by atoms with E-state index < -0.39 is 7.14 Å². The van der Waals surface area contributed by atoms with E-state index in [1.807, 2.05) is 48.5 Å². The van der Waals surface area contributed by atoms with E-state index >= 15 is 0 Å². The highest BCUT2D eigenvalue weighted by molar-refractivity contribution is 7.86. The summed E-state index contributed by atoms with van der Waals surface area (Å²) in [5.41, 5.74) is 8.01. The first-order valence-corrected chi connectivity index (χ1v) is 13.9. The second kappa shape index (κ2) is 7.98. The lowest BCUT2D eigenvalue weighted by atomic mass is 10.00. The van der Waals surface area contributed by atoms with Crippen molar-refractivity contribution in [2.45, 2.75) is 0 Å². The molecule has 0 saturated heterocycles. The molecular formula is C32H25N2OP. The summed E-state index contributed by atoms with van der Waals surface area (Å²) >= 11 is 0. The second-order valence-corrected chi connectivity index (χ2v) is 12.2. The van der Waals surface area contributed by atoms with Crippen molar-refractivity contribution in [3.05, 3.63) is 121 Å². The number of para-hydroxylation sites is 2. The lowest BCUT2D eigenvalue weighted by Gasteiger charge is -2.20.